The largest absolute Gasteiger partial charge is 0.480 e. The summed E-state index contributed by atoms with van der Waals surface area (Å²) in [6.07, 6.45) is -7.14. The Bertz CT molecular complexity index is 1100. The Morgan fingerprint density at radius 2 is 1.94 bits per heavy atom. The van der Waals surface area contributed by atoms with Gasteiger partial charge in [-0.15, -0.1) is 0 Å². The van der Waals surface area contributed by atoms with E-state index in [0.717, 1.165) is 6.07 Å². The maximum Gasteiger partial charge on any atom is 0.425 e. The Labute approximate surface area is 189 Å². The number of pyridine rings is 1. The molecular weight excluding hydrogens is 477 g/mol. The number of nitrogens with two attached hydrogens (primary N) is 2. The molecule has 6 N–H and O–H groups in total. The maximum atomic E-state index is 14.9. The molecule has 1 heterocycles. The number of nitrogen functional groups attached to an aromatic ring is 1. The fourth-order valence-electron chi connectivity index (χ4n) is 2.42. The van der Waals surface area contributed by atoms with Crippen molar-refractivity contribution in [1.82, 2.24) is 10.3 Å². The van der Waals surface area contributed by atoms with Gasteiger partial charge >= 0.3 is 6.18 Å². The van der Waals surface area contributed by atoms with Crippen LogP contribution in [-0.2, 0) is 0 Å². The number of anilines is 1. The molecule has 0 unspecified atom stereocenters. The highest BCUT2D eigenvalue weighted by atomic mass is 35.5. The lowest BCUT2D eigenvalue weighted by Crippen LogP contribution is -2.33. The Balaban J connectivity index is 2.66. The van der Waals surface area contributed by atoms with Crippen LogP contribution in [0.4, 0.5) is 23.4 Å². The van der Waals surface area contributed by atoms with Crippen LogP contribution in [0.3, 0.4) is 0 Å². The van der Waals surface area contributed by atoms with Gasteiger partial charge in [-0.2, -0.15) is 13.2 Å². The second-order valence-electron chi connectivity index (χ2n) is 6.52. The Morgan fingerprint density at radius 1 is 1.31 bits per heavy atom. The molecule has 1 atom stereocenters. The maximum absolute atomic E-state index is 14.9. The van der Waals surface area contributed by atoms with Gasteiger partial charge in [-0.3, -0.25) is 10.2 Å². The molecular formula is C19H17Cl2F4N5O2. The predicted octanol–water partition coefficient (Wildman–Crippen LogP) is 4.59. The van der Waals surface area contributed by atoms with E-state index in [1.54, 1.807) is 0 Å². The first-order chi connectivity index (χ1) is 14.7. The summed E-state index contributed by atoms with van der Waals surface area (Å²) < 4.78 is 59.1. The summed E-state index contributed by atoms with van der Waals surface area (Å²) in [5.41, 5.74) is 9.65. The minimum Gasteiger partial charge on any atom is -0.480 e. The van der Waals surface area contributed by atoms with E-state index in [9.17, 15) is 22.4 Å². The first-order valence-electron chi connectivity index (χ1n) is 8.73. The number of allylic oxidation sites excluding steroid dienone is 2. The lowest BCUT2D eigenvalue weighted by atomic mass is 10.0. The molecule has 0 radical (unpaired) electrons. The van der Waals surface area contributed by atoms with E-state index in [0.29, 0.717) is 13.0 Å². The lowest BCUT2D eigenvalue weighted by Gasteiger charge is -2.21. The highest BCUT2D eigenvalue weighted by molar-refractivity contribution is 6.68. The fourth-order valence-corrected chi connectivity index (χ4v) is 2.82. The van der Waals surface area contributed by atoms with Gasteiger partial charge in [0, 0.05) is 11.3 Å². The van der Waals surface area contributed by atoms with Crippen molar-refractivity contribution in [2.75, 3.05) is 5.73 Å². The Morgan fingerprint density at radius 3 is 2.47 bits per heavy atom. The van der Waals surface area contributed by atoms with Crippen LogP contribution in [0.5, 0.6) is 5.75 Å². The minimum absolute atomic E-state index is 0.0226. The molecule has 2 aromatic rings. The zero-order chi connectivity index (χ0) is 24.4. The molecule has 0 bridgehead atoms. The third-order valence-electron chi connectivity index (χ3n) is 4.05. The number of ether oxygens (including phenoxy) is 1. The van der Waals surface area contributed by atoms with Crippen LogP contribution in [0.25, 0.3) is 11.3 Å². The minimum atomic E-state index is -4.79. The normalized spacial score (nSPS) is 13.2. The molecule has 0 spiro atoms. The third-order valence-corrected chi connectivity index (χ3v) is 4.55. The number of hydrogen-bond donors (Lipinski definition) is 4. The number of nitrogens with zero attached hydrogens (tertiary/aromatic N) is 1. The van der Waals surface area contributed by atoms with Crippen LogP contribution < -0.4 is 21.5 Å². The summed E-state index contributed by atoms with van der Waals surface area (Å²) in [5.74, 6) is -2.81. The number of amides is 1. The molecule has 0 aliphatic heterocycles. The molecule has 0 saturated carbocycles. The van der Waals surface area contributed by atoms with Gasteiger partial charge in [-0.1, -0.05) is 23.2 Å². The number of nitrogens with one attached hydrogen (secondary N) is 2. The summed E-state index contributed by atoms with van der Waals surface area (Å²) >= 11 is 11.6. The van der Waals surface area contributed by atoms with Crippen molar-refractivity contribution in [3.05, 3.63) is 52.1 Å². The van der Waals surface area contributed by atoms with E-state index in [4.69, 9.17) is 44.8 Å². The van der Waals surface area contributed by atoms with E-state index < -0.39 is 40.5 Å². The standard InChI is InChI=1S/C19H17Cl2F4N5O2/c1-7(26)15(17(21)28)30-18(31)10-5-12(22)9(16-11(20)3-4-14(27)29-16)6-13(10)32-8(2)19(23,24)25/h3-6,8,28H,26H2,1-2H3,(H2,27,29)(H,30,31)/b15-7-,28-17?/t8-/m0/s1. The highest BCUT2D eigenvalue weighted by Gasteiger charge is 2.39. The molecule has 1 amide bonds. The van der Waals surface area contributed by atoms with E-state index >= 15 is 0 Å². The van der Waals surface area contributed by atoms with Crippen molar-refractivity contribution < 1.29 is 27.1 Å². The molecule has 0 aliphatic rings. The summed E-state index contributed by atoms with van der Waals surface area (Å²) in [4.78, 5) is 16.6. The molecule has 32 heavy (non-hydrogen) atoms. The SMILES string of the molecule is C/C(N)=C(/NC(=O)c1cc(F)c(-c2nc(N)ccc2Cl)cc1O[C@@H](C)C(F)(F)F)C(=N)Cl. The number of aromatic nitrogens is 1. The molecule has 7 nitrogen and oxygen atoms in total. The van der Waals surface area contributed by atoms with Crippen LogP contribution in [0.1, 0.15) is 24.2 Å². The van der Waals surface area contributed by atoms with Crippen molar-refractivity contribution in [3.8, 4) is 17.0 Å². The Hall–Kier alpha value is -3.05. The molecule has 1 aromatic heterocycles. The van der Waals surface area contributed by atoms with Gasteiger partial charge in [0.15, 0.2) is 6.10 Å². The number of carbonyl (C=O) groups excluding carboxylic acids is 1. The summed E-state index contributed by atoms with van der Waals surface area (Å²) in [5, 5.41) is 8.93. The Kier molecular flexibility index (Phi) is 7.58. The van der Waals surface area contributed by atoms with Crippen molar-refractivity contribution in [1.29, 1.82) is 5.41 Å². The predicted molar refractivity (Wildman–Crippen MR) is 113 cm³/mol. The average molecular weight is 494 g/mol. The second kappa shape index (κ2) is 9.61. The number of rotatable bonds is 6. The third kappa shape index (κ3) is 5.80. The van der Waals surface area contributed by atoms with E-state index in [-0.39, 0.29) is 33.5 Å². The van der Waals surface area contributed by atoms with Gasteiger partial charge in [0.1, 0.15) is 22.6 Å². The molecule has 0 aliphatic carbocycles. The second-order valence-corrected chi connectivity index (χ2v) is 7.31. The molecule has 0 saturated heterocycles. The molecule has 13 heteroatoms. The summed E-state index contributed by atoms with van der Waals surface area (Å²) in [7, 11) is 0. The first-order valence-corrected chi connectivity index (χ1v) is 9.49. The van der Waals surface area contributed by atoms with E-state index in [1.807, 2.05) is 0 Å². The number of halogens is 6. The molecule has 1 aromatic carbocycles. The summed E-state index contributed by atoms with van der Waals surface area (Å²) in [6, 6.07) is 4.17. The number of benzene rings is 1. The monoisotopic (exact) mass is 493 g/mol. The van der Waals surface area contributed by atoms with Crippen molar-refractivity contribution in [2.24, 2.45) is 5.73 Å². The van der Waals surface area contributed by atoms with Gasteiger partial charge in [0.2, 0.25) is 0 Å². The topological polar surface area (TPSA) is 127 Å². The smallest absolute Gasteiger partial charge is 0.425 e. The van der Waals surface area contributed by atoms with E-state index in [2.05, 4.69) is 10.3 Å². The van der Waals surface area contributed by atoms with Crippen LogP contribution in [0.2, 0.25) is 5.02 Å². The van der Waals surface area contributed by atoms with Gasteiger partial charge in [-0.05, 0) is 38.1 Å². The average Bonchev–Trinajstić information content (AvgIpc) is 2.67. The highest BCUT2D eigenvalue weighted by Crippen LogP contribution is 2.35. The summed E-state index contributed by atoms with van der Waals surface area (Å²) in [6.45, 7) is 2.03. The number of alkyl halides is 3. The van der Waals surface area contributed by atoms with Crippen molar-refractivity contribution in [3.63, 3.8) is 0 Å². The van der Waals surface area contributed by atoms with Gasteiger partial charge in [0.05, 0.1) is 22.0 Å². The van der Waals surface area contributed by atoms with Gasteiger partial charge in [-0.25, -0.2) is 9.37 Å². The molecule has 172 valence electrons. The fraction of sp³-hybridized carbons (Fsp3) is 0.211. The lowest BCUT2D eigenvalue weighted by molar-refractivity contribution is -0.189. The number of carbonyl (C=O) groups is 1. The van der Waals surface area contributed by atoms with Crippen molar-refractivity contribution in [2.45, 2.75) is 26.1 Å². The van der Waals surface area contributed by atoms with Gasteiger partial charge in [0.25, 0.3) is 5.91 Å². The zero-order valence-electron chi connectivity index (χ0n) is 16.6. The van der Waals surface area contributed by atoms with Gasteiger partial charge < -0.3 is 21.5 Å². The van der Waals surface area contributed by atoms with Crippen LogP contribution >= 0.6 is 23.2 Å². The quantitative estimate of drug-likeness (QED) is 0.345. The van der Waals surface area contributed by atoms with Crippen LogP contribution in [-0.4, -0.2) is 28.3 Å². The van der Waals surface area contributed by atoms with Crippen LogP contribution in [0.15, 0.2) is 35.7 Å². The molecule has 0 fully saturated rings. The van der Waals surface area contributed by atoms with E-state index in [1.165, 1.54) is 19.1 Å². The number of hydrogen-bond acceptors (Lipinski definition) is 6. The first kappa shape index (κ1) is 25.2. The van der Waals surface area contributed by atoms with Crippen molar-refractivity contribution >= 4 is 40.1 Å². The zero-order valence-corrected chi connectivity index (χ0v) is 18.1. The molecule has 2 rings (SSSR count). The van der Waals surface area contributed by atoms with Crippen LogP contribution in [0, 0.1) is 11.2 Å².